The molecule has 1 aromatic heterocycles. The summed E-state index contributed by atoms with van der Waals surface area (Å²) >= 11 is 7.26. The second-order valence-electron chi connectivity index (χ2n) is 2.49. The Morgan fingerprint density at radius 1 is 1.67 bits per heavy atom. The van der Waals surface area contributed by atoms with Crippen molar-refractivity contribution in [3.05, 3.63) is 11.2 Å². The number of aromatic nitrogens is 2. The zero-order chi connectivity index (χ0) is 8.97. The molecule has 68 valence electrons. The highest BCUT2D eigenvalue weighted by Gasteiger charge is 2.05. The molecule has 1 rings (SSSR count). The van der Waals surface area contributed by atoms with Crippen LogP contribution in [0.5, 0.6) is 0 Å². The maximum atomic E-state index is 5.46. The van der Waals surface area contributed by atoms with E-state index in [2.05, 4.69) is 28.5 Å². The molecule has 1 aromatic rings. The van der Waals surface area contributed by atoms with E-state index in [-0.39, 0.29) is 5.35 Å². The van der Waals surface area contributed by atoms with Crippen molar-refractivity contribution in [2.45, 2.75) is 31.3 Å². The van der Waals surface area contributed by atoms with Crippen molar-refractivity contribution in [1.29, 1.82) is 0 Å². The molecule has 0 aliphatic rings. The van der Waals surface area contributed by atoms with Crippen LogP contribution in [0, 0.1) is 0 Å². The maximum absolute atomic E-state index is 5.46. The van der Waals surface area contributed by atoms with Crippen molar-refractivity contribution in [3.8, 4) is 0 Å². The van der Waals surface area contributed by atoms with Gasteiger partial charge in [0, 0.05) is 5.25 Å². The molecule has 1 atom stereocenters. The first-order valence-electron chi connectivity index (χ1n) is 3.82. The number of thioether (sulfide) groups is 1. The first kappa shape index (κ1) is 9.86. The zero-order valence-electron chi connectivity index (χ0n) is 7.08. The van der Waals surface area contributed by atoms with Crippen LogP contribution in [0.1, 0.15) is 26.1 Å². The Hall–Kier alpha value is -0.220. The molecule has 12 heavy (non-hydrogen) atoms. The van der Waals surface area contributed by atoms with Gasteiger partial charge in [-0.2, -0.15) is 16.7 Å². The third-order valence-corrected chi connectivity index (χ3v) is 3.00. The summed E-state index contributed by atoms with van der Waals surface area (Å²) in [6, 6.07) is 0. The predicted octanol–water partition coefficient (Wildman–Crippen LogP) is 2.75. The van der Waals surface area contributed by atoms with Crippen LogP contribution in [-0.2, 0) is 5.75 Å². The van der Waals surface area contributed by atoms with Crippen LogP contribution in [0.2, 0.25) is 5.35 Å². The van der Waals surface area contributed by atoms with Crippen LogP contribution in [0.3, 0.4) is 0 Å². The highest BCUT2D eigenvalue weighted by atomic mass is 35.5. The van der Waals surface area contributed by atoms with E-state index >= 15 is 0 Å². The summed E-state index contributed by atoms with van der Waals surface area (Å²) in [5.74, 6) is 1.44. The molecule has 0 radical (unpaired) electrons. The Labute approximate surface area is 80.9 Å². The van der Waals surface area contributed by atoms with Gasteiger partial charge in [-0.3, -0.25) is 0 Å². The smallest absolute Gasteiger partial charge is 0.320 e. The van der Waals surface area contributed by atoms with E-state index in [1.54, 1.807) is 11.8 Å². The molecular weight excluding hydrogens is 196 g/mol. The Balaban J connectivity index is 2.33. The van der Waals surface area contributed by atoms with Crippen molar-refractivity contribution in [2.75, 3.05) is 0 Å². The van der Waals surface area contributed by atoms with Gasteiger partial charge in [0.05, 0.1) is 5.75 Å². The molecule has 0 saturated carbocycles. The molecule has 5 heteroatoms. The molecule has 0 saturated heterocycles. The van der Waals surface area contributed by atoms with Crippen molar-refractivity contribution in [1.82, 2.24) is 10.1 Å². The average molecular weight is 207 g/mol. The summed E-state index contributed by atoms with van der Waals surface area (Å²) < 4.78 is 4.62. The molecule has 0 aromatic carbocycles. The lowest BCUT2D eigenvalue weighted by Gasteiger charge is -2.03. The maximum Gasteiger partial charge on any atom is 0.320 e. The molecule has 0 aliphatic carbocycles. The normalized spacial score (nSPS) is 13.2. The number of rotatable bonds is 4. The van der Waals surface area contributed by atoms with Gasteiger partial charge in [0.25, 0.3) is 0 Å². The van der Waals surface area contributed by atoms with Gasteiger partial charge in [0.15, 0.2) is 5.82 Å². The number of nitrogens with zero attached hydrogens (tertiary/aromatic N) is 2. The van der Waals surface area contributed by atoms with E-state index in [9.17, 15) is 0 Å². The van der Waals surface area contributed by atoms with Gasteiger partial charge in [-0.05, 0) is 18.0 Å². The molecule has 3 nitrogen and oxygen atoms in total. The Bertz CT molecular complexity index is 241. The summed E-state index contributed by atoms with van der Waals surface area (Å²) in [7, 11) is 0. The predicted molar refractivity (Wildman–Crippen MR) is 50.4 cm³/mol. The van der Waals surface area contributed by atoms with Crippen LogP contribution in [0.25, 0.3) is 0 Å². The Kier molecular flexibility index (Phi) is 3.88. The van der Waals surface area contributed by atoms with Crippen LogP contribution in [0.4, 0.5) is 0 Å². The third-order valence-electron chi connectivity index (χ3n) is 1.52. The molecule has 0 spiro atoms. The fourth-order valence-electron chi connectivity index (χ4n) is 0.626. The van der Waals surface area contributed by atoms with Crippen molar-refractivity contribution >= 4 is 23.4 Å². The van der Waals surface area contributed by atoms with Crippen molar-refractivity contribution < 1.29 is 4.52 Å². The van der Waals surface area contributed by atoms with Crippen LogP contribution >= 0.6 is 23.4 Å². The monoisotopic (exact) mass is 206 g/mol. The third kappa shape index (κ3) is 3.03. The lowest BCUT2D eigenvalue weighted by atomic mass is 10.4. The standard InChI is InChI=1S/C7H11ClN2OS/c1-3-5(2)12-4-6-9-7(8)11-10-6/h5H,3-4H2,1-2H3. The molecule has 0 fully saturated rings. The lowest BCUT2D eigenvalue weighted by Crippen LogP contribution is -1.94. The number of hydrogen-bond donors (Lipinski definition) is 0. The molecule has 1 heterocycles. The summed E-state index contributed by atoms with van der Waals surface area (Å²) in [6.45, 7) is 4.33. The van der Waals surface area contributed by atoms with E-state index in [1.165, 1.54) is 0 Å². The average Bonchev–Trinajstić information content (AvgIpc) is 2.47. The Morgan fingerprint density at radius 3 is 2.92 bits per heavy atom. The molecule has 0 N–H and O–H groups in total. The minimum atomic E-state index is 0.120. The molecule has 0 bridgehead atoms. The van der Waals surface area contributed by atoms with E-state index in [4.69, 9.17) is 11.6 Å². The first-order valence-corrected chi connectivity index (χ1v) is 5.24. The lowest BCUT2D eigenvalue weighted by molar-refractivity contribution is 0.414. The Morgan fingerprint density at radius 2 is 2.42 bits per heavy atom. The van der Waals surface area contributed by atoms with E-state index in [1.807, 2.05) is 0 Å². The van der Waals surface area contributed by atoms with Gasteiger partial charge in [-0.1, -0.05) is 19.0 Å². The summed E-state index contributed by atoms with van der Waals surface area (Å²) in [5, 5.41) is 4.43. The van der Waals surface area contributed by atoms with Crippen LogP contribution in [0.15, 0.2) is 4.52 Å². The highest BCUT2D eigenvalue weighted by Crippen LogP contribution is 2.18. The molecular formula is C7H11ClN2OS. The summed E-state index contributed by atoms with van der Waals surface area (Å²) in [5.41, 5.74) is 0. The van der Waals surface area contributed by atoms with Gasteiger partial charge in [0.1, 0.15) is 0 Å². The fraction of sp³-hybridized carbons (Fsp3) is 0.714. The highest BCUT2D eigenvalue weighted by molar-refractivity contribution is 7.99. The minimum Gasteiger partial charge on any atom is -0.321 e. The second kappa shape index (κ2) is 4.72. The van der Waals surface area contributed by atoms with Gasteiger partial charge in [0.2, 0.25) is 0 Å². The van der Waals surface area contributed by atoms with Crippen molar-refractivity contribution in [2.24, 2.45) is 0 Å². The largest absolute Gasteiger partial charge is 0.321 e. The second-order valence-corrected chi connectivity index (χ2v) is 4.24. The molecule has 0 amide bonds. The van der Waals surface area contributed by atoms with E-state index in [0.717, 1.165) is 12.2 Å². The van der Waals surface area contributed by atoms with E-state index < -0.39 is 0 Å². The van der Waals surface area contributed by atoms with Gasteiger partial charge < -0.3 is 4.52 Å². The van der Waals surface area contributed by atoms with Crippen LogP contribution in [-0.4, -0.2) is 15.4 Å². The van der Waals surface area contributed by atoms with E-state index in [0.29, 0.717) is 11.1 Å². The summed E-state index contributed by atoms with van der Waals surface area (Å²) in [4.78, 5) is 3.88. The molecule has 0 aliphatic heterocycles. The molecule has 1 unspecified atom stereocenters. The van der Waals surface area contributed by atoms with Gasteiger partial charge in [-0.15, -0.1) is 0 Å². The number of halogens is 1. The number of hydrogen-bond acceptors (Lipinski definition) is 4. The minimum absolute atomic E-state index is 0.120. The summed E-state index contributed by atoms with van der Waals surface area (Å²) in [6.07, 6.45) is 1.15. The van der Waals surface area contributed by atoms with Gasteiger partial charge in [-0.25, -0.2) is 0 Å². The van der Waals surface area contributed by atoms with Crippen molar-refractivity contribution in [3.63, 3.8) is 0 Å². The SMILES string of the molecule is CCC(C)SCc1noc(Cl)n1. The van der Waals surface area contributed by atoms with Gasteiger partial charge >= 0.3 is 5.35 Å². The quantitative estimate of drug-likeness (QED) is 0.760. The topological polar surface area (TPSA) is 38.9 Å². The zero-order valence-corrected chi connectivity index (χ0v) is 8.65. The fourth-order valence-corrected chi connectivity index (χ4v) is 1.54. The first-order chi connectivity index (χ1) is 5.72. The van der Waals surface area contributed by atoms with Crippen LogP contribution < -0.4 is 0 Å².